The van der Waals surface area contributed by atoms with Crippen molar-refractivity contribution in [1.29, 1.82) is 0 Å². The van der Waals surface area contributed by atoms with E-state index in [4.69, 9.17) is 0 Å². The normalized spacial score (nSPS) is 19.1. The first-order valence-corrected chi connectivity index (χ1v) is 12.2. The van der Waals surface area contributed by atoms with Crippen LogP contribution in [-0.2, 0) is 4.79 Å². The minimum Gasteiger partial charge on any atom is -0.544 e. The van der Waals surface area contributed by atoms with Crippen LogP contribution in [0.25, 0.3) is 0 Å². The van der Waals surface area contributed by atoms with Crippen molar-refractivity contribution in [2.75, 3.05) is 26.7 Å². The number of rotatable bonds is 19. The highest BCUT2D eigenvalue weighted by Gasteiger charge is 2.33. The van der Waals surface area contributed by atoms with Gasteiger partial charge in [0.1, 0.15) is 13.1 Å². The van der Waals surface area contributed by atoms with Gasteiger partial charge in [-0.3, -0.25) is 4.48 Å². The monoisotopic (exact) mass is 394 g/mol. The van der Waals surface area contributed by atoms with Gasteiger partial charge >= 0.3 is 0 Å². The Balaban J connectivity index is 1.85. The number of aliphatic imine (C=N–C) groups is 1. The lowest BCUT2D eigenvalue weighted by Gasteiger charge is -2.30. The topological polar surface area (TPSA) is 52.5 Å². The van der Waals surface area contributed by atoms with Crippen LogP contribution in [0.2, 0.25) is 0 Å². The van der Waals surface area contributed by atoms with Gasteiger partial charge in [0.2, 0.25) is 0 Å². The number of hydrogen-bond donors (Lipinski definition) is 0. The van der Waals surface area contributed by atoms with Crippen LogP contribution < -0.4 is 5.11 Å². The van der Waals surface area contributed by atoms with Gasteiger partial charge in [-0.1, -0.05) is 103 Å². The minimum atomic E-state index is -0.968. The van der Waals surface area contributed by atoms with Gasteiger partial charge in [-0.25, -0.2) is 4.99 Å². The molecule has 164 valence electrons. The Morgan fingerprint density at radius 2 is 1.25 bits per heavy atom. The van der Waals surface area contributed by atoms with Gasteiger partial charge in [-0.15, -0.1) is 0 Å². The maximum Gasteiger partial charge on any atom is 0.198 e. The highest BCUT2D eigenvalue weighted by Crippen LogP contribution is 2.18. The molecule has 1 atom stereocenters. The molecule has 0 bridgehead atoms. The van der Waals surface area contributed by atoms with Gasteiger partial charge < -0.3 is 9.90 Å². The van der Waals surface area contributed by atoms with Crippen molar-refractivity contribution in [2.24, 2.45) is 4.99 Å². The largest absolute Gasteiger partial charge is 0.544 e. The van der Waals surface area contributed by atoms with E-state index in [0.29, 0.717) is 4.48 Å². The highest BCUT2D eigenvalue weighted by atomic mass is 16.4. The van der Waals surface area contributed by atoms with Crippen molar-refractivity contribution >= 4 is 11.8 Å². The first kappa shape index (κ1) is 25.1. The van der Waals surface area contributed by atoms with Crippen LogP contribution in [-0.4, -0.2) is 43.0 Å². The van der Waals surface area contributed by atoms with Gasteiger partial charge in [0.25, 0.3) is 0 Å². The van der Waals surface area contributed by atoms with Crippen LogP contribution in [0.1, 0.15) is 116 Å². The first-order valence-electron chi connectivity index (χ1n) is 12.2. The maximum atomic E-state index is 10.9. The van der Waals surface area contributed by atoms with Crippen molar-refractivity contribution in [2.45, 2.75) is 116 Å². The zero-order valence-electron chi connectivity index (χ0n) is 18.9. The van der Waals surface area contributed by atoms with Crippen LogP contribution in [0.4, 0.5) is 0 Å². The Morgan fingerprint density at radius 1 is 0.821 bits per heavy atom. The third-order valence-electron chi connectivity index (χ3n) is 6.24. The molecule has 1 unspecified atom stereocenters. The van der Waals surface area contributed by atoms with E-state index in [1.165, 1.54) is 96.3 Å². The fraction of sp³-hybridized carbons (Fsp3) is 0.917. The zero-order valence-corrected chi connectivity index (χ0v) is 18.9. The molecule has 0 aromatic rings. The number of likely N-dealkylation sites (N-methyl/N-ethyl adjacent to an activating group) is 1. The molecule has 0 N–H and O–H groups in total. The molecule has 0 saturated heterocycles. The van der Waals surface area contributed by atoms with Crippen molar-refractivity contribution < 1.29 is 14.4 Å². The van der Waals surface area contributed by atoms with Crippen LogP contribution in [0.15, 0.2) is 4.99 Å². The highest BCUT2D eigenvalue weighted by molar-refractivity contribution is 5.79. The quantitative estimate of drug-likeness (QED) is 0.222. The third-order valence-corrected chi connectivity index (χ3v) is 6.24. The standard InChI is InChI=1S/C24H46N2O2/c1-3-4-5-6-7-8-9-10-11-12-13-14-15-16-17-18-19-23-25-20-21-26(23,2)22-24(27)28/h3-22H2,1-2H3. The number of carboxylic acid groups (broad SMARTS) is 1. The number of nitrogens with zero attached hydrogens (tertiary/aromatic N) is 2. The fourth-order valence-electron chi connectivity index (χ4n) is 4.33. The average Bonchev–Trinajstić information content (AvgIpc) is 3.00. The van der Waals surface area contributed by atoms with E-state index >= 15 is 0 Å². The van der Waals surface area contributed by atoms with Gasteiger partial charge in [0.05, 0.1) is 19.6 Å². The van der Waals surface area contributed by atoms with E-state index in [1.807, 2.05) is 7.05 Å². The van der Waals surface area contributed by atoms with Crippen molar-refractivity contribution in [3.8, 4) is 0 Å². The van der Waals surface area contributed by atoms with Gasteiger partial charge in [-0.05, 0) is 6.42 Å². The summed E-state index contributed by atoms with van der Waals surface area (Å²) in [7, 11) is 1.98. The summed E-state index contributed by atoms with van der Waals surface area (Å²) < 4.78 is 0.459. The Bertz CT molecular complexity index is 436. The minimum absolute atomic E-state index is 0.0672. The Labute approximate surface area is 174 Å². The fourth-order valence-corrected chi connectivity index (χ4v) is 4.33. The number of amidine groups is 1. The van der Waals surface area contributed by atoms with E-state index in [1.54, 1.807) is 0 Å². The number of hydrogen-bond acceptors (Lipinski definition) is 3. The van der Waals surface area contributed by atoms with Crippen molar-refractivity contribution in [3.63, 3.8) is 0 Å². The Kier molecular flexibility index (Phi) is 14.3. The predicted octanol–water partition coefficient (Wildman–Crippen LogP) is 5.25. The molecule has 1 aliphatic heterocycles. The number of carboxylic acids is 1. The second-order valence-corrected chi connectivity index (χ2v) is 9.00. The van der Waals surface area contributed by atoms with E-state index < -0.39 is 5.97 Å². The molecule has 0 aliphatic carbocycles. The summed E-state index contributed by atoms with van der Waals surface area (Å²) >= 11 is 0. The van der Waals surface area contributed by atoms with Gasteiger partial charge in [-0.2, -0.15) is 0 Å². The van der Waals surface area contributed by atoms with Crippen LogP contribution in [0.3, 0.4) is 0 Å². The molecule has 0 fully saturated rings. The molecular weight excluding hydrogens is 348 g/mol. The number of carbonyl (C=O) groups is 1. The van der Waals surface area contributed by atoms with Crippen LogP contribution in [0.5, 0.6) is 0 Å². The molecule has 0 saturated carbocycles. The number of aliphatic carboxylic acids is 1. The molecule has 4 heteroatoms. The van der Waals surface area contributed by atoms with E-state index in [9.17, 15) is 9.90 Å². The zero-order chi connectivity index (χ0) is 20.5. The Hall–Kier alpha value is -0.900. The summed E-state index contributed by atoms with van der Waals surface area (Å²) in [6, 6.07) is 0. The lowest BCUT2D eigenvalue weighted by molar-refractivity contribution is -0.809. The number of unbranched alkanes of at least 4 members (excludes halogenated alkanes) is 15. The predicted molar refractivity (Wildman–Crippen MR) is 117 cm³/mol. The van der Waals surface area contributed by atoms with Crippen molar-refractivity contribution in [3.05, 3.63) is 0 Å². The summed E-state index contributed by atoms with van der Waals surface area (Å²) in [4.78, 5) is 15.5. The summed E-state index contributed by atoms with van der Waals surface area (Å²) in [6.07, 6.45) is 22.9. The average molecular weight is 395 g/mol. The molecule has 4 nitrogen and oxygen atoms in total. The van der Waals surface area contributed by atoms with Gasteiger partial charge in [0, 0.05) is 6.42 Å². The van der Waals surface area contributed by atoms with Gasteiger partial charge in [0.15, 0.2) is 5.84 Å². The second-order valence-electron chi connectivity index (χ2n) is 9.00. The SMILES string of the molecule is CCCCCCCCCCCCCCCCCCC1=NCC[N+]1(C)CC(=O)[O-]. The van der Waals surface area contributed by atoms with Crippen LogP contribution in [0, 0.1) is 0 Å². The molecule has 0 aromatic carbocycles. The Morgan fingerprint density at radius 3 is 1.68 bits per heavy atom. The van der Waals surface area contributed by atoms with Crippen LogP contribution >= 0.6 is 0 Å². The first-order chi connectivity index (χ1) is 13.6. The van der Waals surface area contributed by atoms with E-state index in [2.05, 4.69) is 11.9 Å². The second kappa shape index (κ2) is 16.0. The molecule has 0 aromatic heterocycles. The summed E-state index contributed by atoms with van der Waals surface area (Å²) in [6.45, 7) is 3.92. The number of quaternary nitrogens is 1. The lowest BCUT2D eigenvalue weighted by Crippen LogP contribution is -2.53. The van der Waals surface area contributed by atoms with E-state index in [0.717, 1.165) is 31.8 Å². The molecule has 0 amide bonds. The molecule has 1 heterocycles. The summed E-state index contributed by atoms with van der Waals surface area (Å²) in [5.41, 5.74) is 0. The smallest absolute Gasteiger partial charge is 0.198 e. The third kappa shape index (κ3) is 11.8. The lowest BCUT2D eigenvalue weighted by atomic mass is 10.0. The molecule has 0 radical (unpaired) electrons. The molecule has 1 rings (SSSR count). The maximum absolute atomic E-state index is 10.9. The number of carbonyl (C=O) groups excluding carboxylic acids is 1. The summed E-state index contributed by atoms with van der Waals surface area (Å²) in [5, 5.41) is 10.9. The molecular formula is C24H46N2O2. The molecule has 0 spiro atoms. The molecule has 28 heavy (non-hydrogen) atoms. The van der Waals surface area contributed by atoms with E-state index in [-0.39, 0.29) is 6.54 Å². The molecule has 1 aliphatic rings. The summed E-state index contributed by atoms with van der Waals surface area (Å²) in [5.74, 6) is 0.0960. The van der Waals surface area contributed by atoms with Crippen molar-refractivity contribution in [1.82, 2.24) is 0 Å².